The van der Waals surface area contributed by atoms with Crippen LogP contribution in [0.1, 0.15) is 44.4 Å². The number of nitrogens with zero attached hydrogens (tertiary/aromatic N) is 2. The molecule has 0 bridgehead atoms. The maximum atomic E-state index is 14.8. The van der Waals surface area contributed by atoms with Crippen LogP contribution in [-0.2, 0) is 32.6 Å². The van der Waals surface area contributed by atoms with Gasteiger partial charge in [0, 0.05) is 23.4 Å². The van der Waals surface area contributed by atoms with Gasteiger partial charge in [0.15, 0.2) is 0 Å². The van der Waals surface area contributed by atoms with E-state index >= 15 is 0 Å². The molecule has 10 heteroatoms. The molecule has 4 aromatic rings. The van der Waals surface area contributed by atoms with Crippen molar-refractivity contribution >= 4 is 39.3 Å². The van der Waals surface area contributed by atoms with Gasteiger partial charge in [0.2, 0.25) is 11.8 Å². The average Bonchev–Trinajstić information content (AvgIpc) is 3.05. The zero-order valence-electron chi connectivity index (χ0n) is 28.5. The van der Waals surface area contributed by atoms with Crippen LogP contribution in [0, 0.1) is 6.92 Å². The van der Waals surface area contributed by atoms with Crippen molar-refractivity contribution in [2.75, 3.05) is 23.7 Å². The highest BCUT2D eigenvalue weighted by atomic mass is 32.2. The minimum Gasteiger partial charge on any atom is -0.492 e. The molecule has 4 aromatic carbocycles. The molecule has 1 unspecified atom stereocenters. The fourth-order valence-electron chi connectivity index (χ4n) is 5.34. The highest BCUT2D eigenvalue weighted by Gasteiger charge is 2.36. The first-order chi connectivity index (χ1) is 22.8. The number of ether oxygens (including phenoxy) is 1. The van der Waals surface area contributed by atoms with E-state index in [1.54, 1.807) is 48.5 Å². The van der Waals surface area contributed by atoms with Gasteiger partial charge in [-0.25, -0.2) is 8.42 Å². The van der Waals surface area contributed by atoms with Gasteiger partial charge < -0.3 is 15.0 Å². The predicted octanol–water partition coefficient (Wildman–Crippen LogP) is 6.87. The van der Waals surface area contributed by atoms with Gasteiger partial charge in [-0.3, -0.25) is 13.9 Å². The summed E-state index contributed by atoms with van der Waals surface area (Å²) in [5, 5.41) is 3.06. The minimum absolute atomic E-state index is 0.0379. The molecule has 8 nitrogen and oxygen atoms in total. The number of hydrogen-bond donors (Lipinski definition) is 1. The third-order valence-corrected chi connectivity index (χ3v) is 10.1. The molecule has 0 heterocycles. The zero-order chi connectivity index (χ0) is 34.9. The number of nitrogens with one attached hydrogen (secondary N) is 1. The maximum absolute atomic E-state index is 14.8. The Kier molecular flexibility index (Phi) is 12.3. The molecule has 0 fully saturated rings. The lowest BCUT2D eigenvalue weighted by molar-refractivity contribution is -0.140. The molecule has 4 rings (SSSR count). The number of carbonyl (C=O) groups is 2. The number of hydrogen-bond acceptors (Lipinski definition) is 6. The number of para-hydroxylation sites is 2. The number of thioether (sulfide) groups is 1. The van der Waals surface area contributed by atoms with E-state index in [1.165, 1.54) is 16.7 Å². The molecule has 0 saturated carbocycles. The van der Waals surface area contributed by atoms with Gasteiger partial charge in [-0.2, -0.15) is 0 Å². The lowest BCUT2D eigenvalue weighted by Crippen LogP contribution is -2.56. The molecule has 0 aliphatic carbocycles. The third-order valence-electron chi connectivity index (χ3n) is 7.56. The third kappa shape index (κ3) is 9.64. The van der Waals surface area contributed by atoms with E-state index < -0.39 is 34.1 Å². The van der Waals surface area contributed by atoms with Crippen LogP contribution in [0.2, 0.25) is 0 Å². The smallest absolute Gasteiger partial charge is 0.264 e. The predicted molar refractivity (Wildman–Crippen MR) is 194 cm³/mol. The summed E-state index contributed by atoms with van der Waals surface area (Å²) in [6.07, 6.45) is 2.15. The summed E-state index contributed by atoms with van der Waals surface area (Å²) in [6, 6.07) is 29.7. The van der Waals surface area contributed by atoms with E-state index in [0.29, 0.717) is 12.4 Å². The van der Waals surface area contributed by atoms with Crippen LogP contribution < -0.4 is 14.4 Å². The van der Waals surface area contributed by atoms with Crippen LogP contribution in [0.15, 0.2) is 113 Å². The first kappa shape index (κ1) is 36.6. The Morgan fingerprint density at radius 1 is 0.875 bits per heavy atom. The SMILES string of the molecule is CCOc1ccccc1N(CC(=O)N(Cc1cccc(C)c1)C(Cc1ccccc1)C(=O)NC(C)(C)C)S(=O)(=O)c1ccc(SC)cc1. The van der Waals surface area contributed by atoms with Crippen LogP contribution in [0.25, 0.3) is 0 Å². The molecule has 0 saturated heterocycles. The second-order valence-electron chi connectivity index (χ2n) is 12.5. The number of sulfonamides is 1. The van der Waals surface area contributed by atoms with E-state index in [1.807, 2.05) is 95.5 Å². The lowest BCUT2D eigenvalue weighted by Gasteiger charge is -2.35. The summed E-state index contributed by atoms with van der Waals surface area (Å²) in [4.78, 5) is 31.3. The molecular weight excluding hydrogens is 643 g/mol. The number of anilines is 1. The number of aryl methyl sites for hydroxylation is 1. The van der Waals surface area contributed by atoms with E-state index in [2.05, 4.69) is 5.32 Å². The van der Waals surface area contributed by atoms with Gasteiger partial charge in [0.1, 0.15) is 18.3 Å². The Morgan fingerprint density at radius 2 is 1.52 bits per heavy atom. The molecule has 1 N–H and O–H groups in total. The standard InChI is InChI=1S/C38H45N3O5S2/c1-7-46-35-19-12-11-18-33(35)41(48(44,45)32-22-20-31(47-6)21-23-32)27-36(42)40(26-30-17-13-14-28(2)24-30)34(37(43)39-38(3,4)5)25-29-15-9-8-10-16-29/h8-24,34H,7,25-27H2,1-6H3,(H,39,43). The van der Waals surface area contributed by atoms with Crippen LogP contribution >= 0.6 is 11.8 Å². The molecule has 254 valence electrons. The van der Waals surface area contributed by atoms with Crippen molar-refractivity contribution in [1.29, 1.82) is 0 Å². The van der Waals surface area contributed by atoms with Crippen LogP contribution in [0.5, 0.6) is 5.75 Å². The topological polar surface area (TPSA) is 96.0 Å². The first-order valence-electron chi connectivity index (χ1n) is 15.9. The summed E-state index contributed by atoms with van der Waals surface area (Å²) < 4.78 is 35.8. The zero-order valence-corrected chi connectivity index (χ0v) is 30.1. The largest absolute Gasteiger partial charge is 0.492 e. The van der Waals surface area contributed by atoms with Crippen LogP contribution in [-0.4, -0.2) is 56.1 Å². The van der Waals surface area contributed by atoms with Gasteiger partial charge in [-0.15, -0.1) is 11.8 Å². The average molecular weight is 688 g/mol. The van der Waals surface area contributed by atoms with Crippen LogP contribution in [0.3, 0.4) is 0 Å². The lowest BCUT2D eigenvalue weighted by atomic mass is 10.0. The fraction of sp³-hybridized carbons (Fsp3) is 0.316. The maximum Gasteiger partial charge on any atom is 0.264 e. The van der Waals surface area contributed by atoms with E-state index in [0.717, 1.165) is 25.9 Å². The Labute approximate surface area is 289 Å². The monoisotopic (exact) mass is 687 g/mol. The second-order valence-corrected chi connectivity index (χ2v) is 15.3. The van der Waals surface area contributed by atoms with Crippen molar-refractivity contribution in [2.24, 2.45) is 0 Å². The summed E-state index contributed by atoms with van der Waals surface area (Å²) in [6.45, 7) is 9.27. The highest BCUT2D eigenvalue weighted by molar-refractivity contribution is 7.98. The number of carbonyl (C=O) groups excluding carboxylic acids is 2. The summed E-state index contributed by atoms with van der Waals surface area (Å²) in [7, 11) is -4.27. The molecular formula is C38H45N3O5S2. The van der Waals surface area contributed by atoms with E-state index in [4.69, 9.17) is 4.74 Å². The Hall–Kier alpha value is -4.28. The Morgan fingerprint density at radius 3 is 2.15 bits per heavy atom. The van der Waals surface area contributed by atoms with Gasteiger partial charge in [0.25, 0.3) is 10.0 Å². The molecule has 48 heavy (non-hydrogen) atoms. The molecule has 0 aliphatic heterocycles. The van der Waals surface area contributed by atoms with Crippen molar-refractivity contribution in [3.8, 4) is 5.75 Å². The normalized spacial score (nSPS) is 12.2. The molecule has 0 aromatic heterocycles. The van der Waals surface area contributed by atoms with Crippen molar-refractivity contribution in [3.05, 3.63) is 120 Å². The van der Waals surface area contributed by atoms with Crippen molar-refractivity contribution < 1.29 is 22.7 Å². The molecule has 0 spiro atoms. The Bertz CT molecular complexity index is 1790. The van der Waals surface area contributed by atoms with E-state index in [9.17, 15) is 18.0 Å². The Balaban J connectivity index is 1.86. The van der Waals surface area contributed by atoms with Gasteiger partial charge in [0.05, 0.1) is 17.2 Å². The van der Waals surface area contributed by atoms with Crippen LogP contribution in [0.4, 0.5) is 5.69 Å². The summed E-state index contributed by atoms with van der Waals surface area (Å²) in [5.41, 5.74) is 2.35. The van der Waals surface area contributed by atoms with Gasteiger partial charge in [-0.05, 0) is 88.4 Å². The molecule has 1 atom stereocenters. The minimum atomic E-state index is -4.27. The molecule has 0 aliphatic rings. The first-order valence-corrected chi connectivity index (χ1v) is 18.6. The number of rotatable bonds is 14. The second kappa shape index (κ2) is 16.2. The van der Waals surface area contributed by atoms with Gasteiger partial charge in [-0.1, -0.05) is 72.3 Å². The fourth-order valence-corrected chi connectivity index (χ4v) is 7.18. The summed E-state index contributed by atoms with van der Waals surface area (Å²) >= 11 is 1.50. The molecule has 0 radical (unpaired) electrons. The quantitative estimate of drug-likeness (QED) is 0.146. The highest BCUT2D eigenvalue weighted by Crippen LogP contribution is 2.33. The van der Waals surface area contributed by atoms with E-state index in [-0.39, 0.29) is 29.5 Å². The molecule has 2 amide bonds. The van der Waals surface area contributed by atoms with Crippen molar-refractivity contribution in [1.82, 2.24) is 10.2 Å². The van der Waals surface area contributed by atoms with Gasteiger partial charge >= 0.3 is 0 Å². The summed E-state index contributed by atoms with van der Waals surface area (Å²) in [5.74, 6) is -0.533. The number of amides is 2. The number of benzene rings is 4. The van der Waals surface area contributed by atoms with Crippen molar-refractivity contribution in [3.63, 3.8) is 0 Å². The van der Waals surface area contributed by atoms with Crippen molar-refractivity contribution in [2.45, 2.75) is 69.0 Å².